The number of carbonyl (C=O) groups excluding carboxylic acids is 1. The number of methoxy groups -OCH3 is 1. The summed E-state index contributed by atoms with van der Waals surface area (Å²) in [5.74, 6) is 0.440. The number of hydrogen-bond acceptors (Lipinski definition) is 2. The first kappa shape index (κ1) is 10.6. The van der Waals surface area contributed by atoms with E-state index in [1.807, 2.05) is 13.8 Å². The molecule has 75 valence electrons. The van der Waals surface area contributed by atoms with E-state index in [-0.39, 0.29) is 11.9 Å². The van der Waals surface area contributed by atoms with Crippen LogP contribution in [0.2, 0.25) is 0 Å². The molecule has 3 heteroatoms. The molecule has 1 amide bonds. The molecule has 1 N–H and O–H groups in total. The minimum Gasteiger partial charge on any atom is -0.496 e. The standard InChI is InChI=1S/C11H14NO2/c1-8(2)12-11(13)9-6-4-5-7-10(9)14-3/h5-8H,1-3H3,(H,12,13). The first-order valence-electron chi connectivity index (χ1n) is 4.50. The van der Waals surface area contributed by atoms with Gasteiger partial charge in [-0.2, -0.15) is 0 Å². The van der Waals surface area contributed by atoms with Crippen molar-refractivity contribution < 1.29 is 9.53 Å². The van der Waals surface area contributed by atoms with Crippen molar-refractivity contribution in [3.8, 4) is 5.75 Å². The van der Waals surface area contributed by atoms with Gasteiger partial charge in [0, 0.05) is 6.04 Å². The number of carbonyl (C=O) groups is 1. The highest BCUT2D eigenvalue weighted by atomic mass is 16.5. The lowest BCUT2D eigenvalue weighted by atomic mass is 10.2. The van der Waals surface area contributed by atoms with Crippen molar-refractivity contribution in [1.82, 2.24) is 5.32 Å². The van der Waals surface area contributed by atoms with E-state index in [2.05, 4.69) is 11.4 Å². The molecule has 1 aromatic rings. The Hall–Kier alpha value is -1.51. The van der Waals surface area contributed by atoms with Crippen molar-refractivity contribution in [3.05, 3.63) is 29.8 Å². The lowest BCUT2D eigenvalue weighted by Crippen LogP contribution is -2.30. The summed E-state index contributed by atoms with van der Waals surface area (Å²) in [6, 6.07) is 8.02. The maximum atomic E-state index is 11.6. The fraction of sp³-hybridized carbons (Fsp3) is 0.364. The second kappa shape index (κ2) is 4.65. The Kier molecular flexibility index (Phi) is 3.51. The van der Waals surface area contributed by atoms with Gasteiger partial charge >= 0.3 is 0 Å². The second-order valence-electron chi connectivity index (χ2n) is 3.25. The minimum atomic E-state index is -0.131. The van der Waals surface area contributed by atoms with Gasteiger partial charge in [-0.15, -0.1) is 0 Å². The molecule has 0 aliphatic rings. The van der Waals surface area contributed by atoms with Crippen molar-refractivity contribution in [1.29, 1.82) is 0 Å². The van der Waals surface area contributed by atoms with E-state index < -0.39 is 0 Å². The predicted octanol–water partition coefficient (Wildman–Crippen LogP) is 1.63. The Morgan fingerprint density at radius 1 is 1.57 bits per heavy atom. The molecule has 0 aliphatic carbocycles. The summed E-state index contributed by atoms with van der Waals surface area (Å²) in [5.41, 5.74) is 0.517. The fourth-order valence-electron chi connectivity index (χ4n) is 1.11. The van der Waals surface area contributed by atoms with Crippen LogP contribution in [0.1, 0.15) is 24.2 Å². The summed E-state index contributed by atoms with van der Waals surface area (Å²) in [4.78, 5) is 11.6. The van der Waals surface area contributed by atoms with E-state index in [4.69, 9.17) is 4.74 Å². The van der Waals surface area contributed by atoms with Crippen LogP contribution in [0, 0.1) is 6.07 Å². The molecule has 0 aliphatic heterocycles. The lowest BCUT2D eigenvalue weighted by Gasteiger charge is -2.10. The Morgan fingerprint density at radius 2 is 2.29 bits per heavy atom. The number of benzene rings is 1. The monoisotopic (exact) mass is 192 g/mol. The van der Waals surface area contributed by atoms with Gasteiger partial charge in [-0.3, -0.25) is 4.79 Å². The Balaban J connectivity index is 2.88. The highest BCUT2D eigenvalue weighted by Crippen LogP contribution is 2.16. The average Bonchev–Trinajstić information content (AvgIpc) is 2.16. The average molecular weight is 192 g/mol. The van der Waals surface area contributed by atoms with Gasteiger partial charge in [0.2, 0.25) is 0 Å². The van der Waals surface area contributed by atoms with Crippen LogP contribution in [-0.4, -0.2) is 19.1 Å². The van der Waals surface area contributed by atoms with Gasteiger partial charge in [0.1, 0.15) is 5.75 Å². The van der Waals surface area contributed by atoms with Gasteiger partial charge in [-0.1, -0.05) is 6.07 Å². The Bertz CT molecular complexity index is 321. The predicted molar refractivity (Wildman–Crippen MR) is 54.4 cm³/mol. The molecule has 0 atom stereocenters. The van der Waals surface area contributed by atoms with Gasteiger partial charge < -0.3 is 10.1 Å². The Labute approximate surface area is 84.1 Å². The molecule has 14 heavy (non-hydrogen) atoms. The minimum absolute atomic E-state index is 0.118. The maximum absolute atomic E-state index is 11.6. The van der Waals surface area contributed by atoms with Crippen LogP contribution < -0.4 is 10.1 Å². The topological polar surface area (TPSA) is 38.3 Å². The molecule has 1 rings (SSSR count). The van der Waals surface area contributed by atoms with Crippen LogP contribution in [0.4, 0.5) is 0 Å². The van der Waals surface area contributed by atoms with Crippen molar-refractivity contribution in [2.75, 3.05) is 7.11 Å². The molecule has 0 spiro atoms. The van der Waals surface area contributed by atoms with E-state index in [0.29, 0.717) is 11.3 Å². The molecule has 0 saturated heterocycles. The summed E-state index contributed by atoms with van der Waals surface area (Å²) < 4.78 is 5.07. The van der Waals surface area contributed by atoms with Crippen molar-refractivity contribution >= 4 is 5.91 Å². The van der Waals surface area contributed by atoms with E-state index >= 15 is 0 Å². The Morgan fingerprint density at radius 3 is 2.86 bits per heavy atom. The van der Waals surface area contributed by atoms with Gasteiger partial charge in [0.25, 0.3) is 5.91 Å². The first-order valence-corrected chi connectivity index (χ1v) is 4.50. The SMILES string of the molecule is COc1cc[c]cc1C(=O)NC(C)C. The zero-order valence-electron chi connectivity index (χ0n) is 8.63. The summed E-state index contributed by atoms with van der Waals surface area (Å²) >= 11 is 0. The molecule has 1 radical (unpaired) electrons. The molecule has 3 nitrogen and oxygen atoms in total. The van der Waals surface area contributed by atoms with E-state index in [0.717, 1.165) is 0 Å². The summed E-state index contributed by atoms with van der Waals surface area (Å²) in [5, 5.41) is 2.79. The molecule has 0 heterocycles. The van der Waals surface area contributed by atoms with Crippen LogP contribution in [0.25, 0.3) is 0 Å². The number of hydrogen-bond donors (Lipinski definition) is 1. The fourth-order valence-corrected chi connectivity index (χ4v) is 1.11. The largest absolute Gasteiger partial charge is 0.496 e. The second-order valence-corrected chi connectivity index (χ2v) is 3.25. The number of ether oxygens (including phenoxy) is 1. The highest BCUT2D eigenvalue weighted by molar-refractivity contribution is 5.96. The molecule has 0 fully saturated rings. The van der Waals surface area contributed by atoms with Crippen LogP contribution in [0.15, 0.2) is 18.2 Å². The molecule has 0 saturated carbocycles. The molecular formula is C11H14NO2. The van der Waals surface area contributed by atoms with Gasteiger partial charge in [-0.25, -0.2) is 0 Å². The number of rotatable bonds is 3. The third kappa shape index (κ3) is 2.49. The van der Waals surface area contributed by atoms with Crippen LogP contribution in [0.5, 0.6) is 5.75 Å². The third-order valence-corrected chi connectivity index (χ3v) is 1.71. The van der Waals surface area contributed by atoms with E-state index in [9.17, 15) is 4.79 Å². The van der Waals surface area contributed by atoms with Crippen LogP contribution in [0.3, 0.4) is 0 Å². The van der Waals surface area contributed by atoms with Gasteiger partial charge in [0.15, 0.2) is 0 Å². The lowest BCUT2D eigenvalue weighted by molar-refractivity contribution is 0.0940. The summed E-state index contributed by atoms with van der Waals surface area (Å²) in [7, 11) is 1.54. The normalized spacial score (nSPS) is 10.0. The summed E-state index contributed by atoms with van der Waals surface area (Å²) in [6.07, 6.45) is 0. The van der Waals surface area contributed by atoms with Crippen LogP contribution in [-0.2, 0) is 0 Å². The summed E-state index contributed by atoms with van der Waals surface area (Å²) in [6.45, 7) is 3.83. The zero-order valence-corrected chi connectivity index (χ0v) is 8.63. The number of amides is 1. The number of nitrogens with one attached hydrogen (secondary N) is 1. The molecule has 0 aromatic heterocycles. The van der Waals surface area contributed by atoms with Gasteiger partial charge in [-0.05, 0) is 32.0 Å². The highest BCUT2D eigenvalue weighted by Gasteiger charge is 2.11. The zero-order chi connectivity index (χ0) is 10.6. The maximum Gasteiger partial charge on any atom is 0.255 e. The molecule has 0 bridgehead atoms. The van der Waals surface area contributed by atoms with Gasteiger partial charge in [0.05, 0.1) is 12.7 Å². The van der Waals surface area contributed by atoms with Crippen molar-refractivity contribution in [2.24, 2.45) is 0 Å². The third-order valence-electron chi connectivity index (χ3n) is 1.71. The quantitative estimate of drug-likeness (QED) is 0.790. The first-order chi connectivity index (χ1) is 6.65. The molecular weight excluding hydrogens is 178 g/mol. The smallest absolute Gasteiger partial charge is 0.255 e. The molecule has 0 unspecified atom stereocenters. The van der Waals surface area contributed by atoms with Crippen molar-refractivity contribution in [2.45, 2.75) is 19.9 Å². The van der Waals surface area contributed by atoms with Crippen LogP contribution >= 0.6 is 0 Å². The van der Waals surface area contributed by atoms with E-state index in [1.165, 1.54) is 0 Å². The van der Waals surface area contributed by atoms with E-state index in [1.54, 1.807) is 25.3 Å². The molecule has 1 aromatic carbocycles. The van der Waals surface area contributed by atoms with Crippen molar-refractivity contribution in [3.63, 3.8) is 0 Å².